The van der Waals surface area contributed by atoms with Crippen LogP contribution in [0.25, 0.3) is 10.2 Å². The number of nitrogens with one attached hydrogen (secondary N) is 1. The molecule has 0 saturated carbocycles. The summed E-state index contributed by atoms with van der Waals surface area (Å²) in [7, 11) is 1.60. The smallest absolute Gasteiger partial charge is 0.264 e. The molecule has 7 heteroatoms. The van der Waals surface area contributed by atoms with Gasteiger partial charge in [0.05, 0.1) is 11.8 Å². The van der Waals surface area contributed by atoms with E-state index < -0.39 is 0 Å². The SMILES string of the molecule is COc1cccc2sc(NC(=O)COc3cccc4c3OC(C)(C)C4)nc12. The number of benzene rings is 2. The number of carbonyl (C=O) groups excluding carboxylic acids is 1. The van der Waals surface area contributed by atoms with Gasteiger partial charge in [-0.25, -0.2) is 4.98 Å². The first-order valence-electron chi connectivity index (χ1n) is 8.62. The molecule has 0 spiro atoms. The van der Waals surface area contributed by atoms with Gasteiger partial charge in [-0.05, 0) is 32.0 Å². The molecule has 27 heavy (non-hydrogen) atoms. The van der Waals surface area contributed by atoms with Crippen molar-refractivity contribution in [2.75, 3.05) is 19.0 Å². The van der Waals surface area contributed by atoms with Gasteiger partial charge in [-0.2, -0.15) is 0 Å². The van der Waals surface area contributed by atoms with Crippen LogP contribution >= 0.6 is 11.3 Å². The van der Waals surface area contributed by atoms with E-state index in [1.165, 1.54) is 11.3 Å². The Morgan fingerprint density at radius 3 is 2.85 bits per heavy atom. The predicted octanol–water partition coefficient (Wildman–Crippen LogP) is 4.04. The highest BCUT2D eigenvalue weighted by atomic mass is 32.1. The number of ether oxygens (including phenoxy) is 3. The average Bonchev–Trinajstić information content (AvgIpc) is 3.17. The molecule has 0 unspecified atom stereocenters. The van der Waals surface area contributed by atoms with E-state index in [2.05, 4.69) is 10.3 Å². The molecule has 1 aliphatic heterocycles. The summed E-state index contributed by atoms with van der Waals surface area (Å²) in [5, 5.41) is 3.30. The fourth-order valence-corrected chi connectivity index (χ4v) is 4.04. The maximum absolute atomic E-state index is 12.3. The molecule has 0 saturated heterocycles. The van der Waals surface area contributed by atoms with Gasteiger partial charge in [0.2, 0.25) is 0 Å². The van der Waals surface area contributed by atoms with Crippen LogP contribution in [-0.2, 0) is 11.2 Å². The molecule has 0 fully saturated rings. The van der Waals surface area contributed by atoms with Crippen molar-refractivity contribution in [2.45, 2.75) is 25.9 Å². The molecule has 3 aromatic rings. The second kappa shape index (κ2) is 6.74. The number of hydrogen-bond acceptors (Lipinski definition) is 6. The highest BCUT2D eigenvalue weighted by Gasteiger charge is 2.32. The van der Waals surface area contributed by atoms with Crippen LogP contribution in [0, 0.1) is 0 Å². The zero-order valence-corrected chi connectivity index (χ0v) is 16.2. The van der Waals surface area contributed by atoms with Crippen LogP contribution in [0.2, 0.25) is 0 Å². The average molecular weight is 384 g/mol. The highest BCUT2D eigenvalue weighted by Crippen LogP contribution is 2.41. The number of methoxy groups -OCH3 is 1. The summed E-state index contributed by atoms with van der Waals surface area (Å²) in [6.07, 6.45) is 0.819. The van der Waals surface area contributed by atoms with Gasteiger partial charge in [-0.1, -0.05) is 29.5 Å². The van der Waals surface area contributed by atoms with Crippen molar-refractivity contribution in [3.05, 3.63) is 42.0 Å². The van der Waals surface area contributed by atoms with Crippen LogP contribution in [0.4, 0.5) is 5.13 Å². The lowest BCUT2D eigenvalue weighted by atomic mass is 10.0. The van der Waals surface area contributed by atoms with E-state index in [0.29, 0.717) is 16.6 Å². The Morgan fingerprint density at radius 2 is 2.04 bits per heavy atom. The normalized spacial score (nSPS) is 14.5. The van der Waals surface area contributed by atoms with Crippen LogP contribution in [0.15, 0.2) is 36.4 Å². The third-order valence-electron chi connectivity index (χ3n) is 4.26. The van der Waals surface area contributed by atoms with Crippen LogP contribution < -0.4 is 19.5 Å². The van der Waals surface area contributed by atoms with Crippen LogP contribution in [0.3, 0.4) is 0 Å². The van der Waals surface area contributed by atoms with E-state index in [4.69, 9.17) is 14.2 Å². The van der Waals surface area contributed by atoms with Crippen LogP contribution in [0.5, 0.6) is 17.2 Å². The van der Waals surface area contributed by atoms with E-state index >= 15 is 0 Å². The van der Waals surface area contributed by atoms with Gasteiger partial charge in [0.15, 0.2) is 23.2 Å². The first kappa shape index (κ1) is 17.6. The Kier molecular flexibility index (Phi) is 4.39. The van der Waals surface area contributed by atoms with E-state index in [1.807, 2.05) is 50.2 Å². The van der Waals surface area contributed by atoms with Crippen LogP contribution in [0.1, 0.15) is 19.4 Å². The van der Waals surface area contributed by atoms with Crippen molar-refractivity contribution < 1.29 is 19.0 Å². The van der Waals surface area contributed by atoms with Crippen molar-refractivity contribution in [3.8, 4) is 17.2 Å². The number of aromatic nitrogens is 1. The topological polar surface area (TPSA) is 69.7 Å². The number of amides is 1. The fraction of sp³-hybridized carbons (Fsp3) is 0.300. The summed E-state index contributed by atoms with van der Waals surface area (Å²) in [6, 6.07) is 11.4. The number of para-hydroxylation sites is 2. The first-order valence-corrected chi connectivity index (χ1v) is 9.44. The quantitative estimate of drug-likeness (QED) is 0.719. The van der Waals surface area contributed by atoms with Gasteiger partial charge >= 0.3 is 0 Å². The lowest BCUT2D eigenvalue weighted by Gasteiger charge is -2.18. The summed E-state index contributed by atoms with van der Waals surface area (Å²) >= 11 is 1.39. The number of rotatable bonds is 5. The van der Waals surface area contributed by atoms with Gasteiger partial charge in [-0.3, -0.25) is 10.1 Å². The fourth-order valence-electron chi connectivity index (χ4n) is 3.14. The first-order chi connectivity index (χ1) is 12.9. The number of thiazole rings is 1. The molecule has 140 valence electrons. The molecule has 6 nitrogen and oxygen atoms in total. The molecule has 2 heterocycles. The van der Waals surface area contributed by atoms with Crippen LogP contribution in [-0.4, -0.2) is 30.2 Å². The number of nitrogens with zero attached hydrogens (tertiary/aromatic N) is 1. The van der Waals surface area contributed by atoms with Gasteiger partial charge in [0, 0.05) is 12.0 Å². The molecule has 0 atom stereocenters. The Bertz CT molecular complexity index is 1010. The molecular weight excluding hydrogens is 364 g/mol. The number of carbonyl (C=O) groups is 1. The summed E-state index contributed by atoms with van der Waals surface area (Å²) in [6.45, 7) is 3.95. The van der Waals surface area contributed by atoms with E-state index in [1.54, 1.807) is 7.11 Å². The molecule has 0 radical (unpaired) electrons. The molecular formula is C20H20N2O4S. The summed E-state index contributed by atoms with van der Waals surface area (Å²) < 4.78 is 17.9. The van der Waals surface area contributed by atoms with Crippen molar-refractivity contribution >= 4 is 32.6 Å². The minimum atomic E-state index is -0.275. The number of anilines is 1. The Balaban J connectivity index is 1.44. The van der Waals surface area contributed by atoms with E-state index in [-0.39, 0.29) is 18.1 Å². The lowest BCUT2D eigenvalue weighted by Crippen LogP contribution is -2.25. The summed E-state index contributed by atoms with van der Waals surface area (Å²) in [5.41, 5.74) is 1.57. The molecule has 1 amide bonds. The maximum atomic E-state index is 12.3. The Morgan fingerprint density at radius 1 is 1.26 bits per heavy atom. The van der Waals surface area contributed by atoms with Crippen molar-refractivity contribution in [1.82, 2.24) is 4.98 Å². The summed E-state index contributed by atoms with van der Waals surface area (Å²) in [4.78, 5) is 16.7. The maximum Gasteiger partial charge on any atom is 0.264 e. The molecule has 4 rings (SSSR count). The van der Waals surface area contributed by atoms with Gasteiger partial charge in [0.1, 0.15) is 16.9 Å². The molecule has 1 aliphatic rings. The van der Waals surface area contributed by atoms with E-state index in [0.717, 1.165) is 28.0 Å². The van der Waals surface area contributed by atoms with E-state index in [9.17, 15) is 4.79 Å². The number of hydrogen-bond donors (Lipinski definition) is 1. The number of fused-ring (bicyclic) bond motifs is 2. The highest BCUT2D eigenvalue weighted by molar-refractivity contribution is 7.22. The molecule has 0 bridgehead atoms. The minimum Gasteiger partial charge on any atom is -0.494 e. The second-order valence-electron chi connectivity index (χ2n) is 6.95. The molecule has 0 aliphatic carbocycles. The second-order valence-corrected chi connectivity index (χ2v) is 7.98. The molecule has 1 aromatic heterocycles. The standard InChI is InChI=1S/C20H20N2O4S/c1-20(2)10-12-6-4-8-14(18(12)26-20)25-11-16(23)21-19-22-17-13(24-3)7-5-9-15(17)27-19/h4-9H,10-11H2,1-3H3,(H,21,22,23). The molecule has 2 aromatic carbocycles. The third-order valence-corrected chi connectivity index (χ3v) is 5.20. The van der Waals surface area contributed by atoms with Gasteiger partial charge in [0.25, 0.3) is 5.91 Å². The van der Waals surface area contributed by atoms with Crippen molar-refractivity contribution in [3.63, 3.8) is 0 Å². The van der Waals surface area contributed by atoms with Crippen molar-refractivity contribution in [1.29, 1.82) is 0 Å². The zero-order valence-electron chi connectivity index (χ0n) is 15.4. The zero-order chi connectivity index (χ0) is 19.0. The Labute approximate surface area is 161 Å². The lowest BCUT2D eigenvalue weighted by molar-refractivity contribution is -0.118. The van der Waals surface area contributed by atoms with Gasteiger partial charge < -0.3 is 14.2 Å². The molecule has 1 N–H and O–H groups in total. The monoisotopic (exact) mass is 384 g/mol. The summed E-state index contributed by atoms with van der Waals surface area (Å²) in [5.74, 6) is 1.71. The van der Waals surface area contributed by atoms with Gasteiger partial charge in [-0.15, -0.1) is 0 Å². The third kappa shape index (κ3) is 3.55. The largest absolute Gasteiger partial charge is 0.494 e. The van der Waals surface area contributed by atoms with Crippen molar-refractivity contribution in [2.24, 2.45) is 0 Å². The Hall–Kier alpha value is -2.80. The predicted molar refractivity (Wildman–Crippen MR) is 105 cm³/mol. The minimum absolute atomic E-state index is 0.118.